The Morgan fingerprint density at radius 2 is 2.27 bits per heavy atom. The summed E-state index contributed by atoms with van der Waals surface area (Å²) in [4.78, 5) is 0. The fourth-order valence-electron chi connectivity index (χ4n) is 1.77. The third kappa shape index (κ3) is 3.50. The van der Waals surface area contributed by atoms with Crippen LogP contribution in [0.25, 0.3) is 0 Å². The van der Waals surface area contributed by atoms with Gasteiger partial charge in [0, 0.05) is 13.1 Å². The first-order chi connectivity index (χ1) is 7.19. The number of halogens is 1. The quantitative estimate of drug-likeness (QED) is 0.812. The number of nitrogens with zero attached hydrogens (tertiary/aromatic N) is 2. The van der Waals surface area contributed by atoms with Crippen molar-refractivity contribution in [3.05, 3.63) is 16.9 Å². The molecule has 0 aliphatic carbocycles. The van der Waals surface area contributed by atoms with Crippen molar-refractivity contribution in [1.82, 2.24) is 15.1 Å². The van der Waals surface area contributed by atoms with Crippen LogP contribution in [0, 0.1) is 0 Å². The van der Waals surface area contributed by atoms with Crippen LogP contribution in [-0.2, 0) is 13.5 Å². The number of hydrogen-bond donors (Lipinski definition) is 1. The highest BCUT2D eigenvalue weighted by Crippen LogP contribution is 2.16. The third-order valence-corrected chi connectivity index (χ3v) is 3.04. The first-order valence-corrected chi connectivity index (χ1v) is 5.96. The minimum absolute atomic E-state index is 0.584. The van der Waals surface area contributed by atoms with Crippen LogP contribution in [0.3, 0.4) is 0 Å². The van der Waals surface area contributed by atoms with E-state index in [1.54, 1.807) is 6.20 Å². The molecule has 1 aromatic heterocycles. The highest BCUT2D eigenvalue weighted by molar-refractivity contribution is 6.31. The van der Waals surface area contributed by atoms with Gasteiger partial charge in [0.1, 0.15) is 0 Å². The maximum atomic E-state index is 6.05. The van der Waals surface area contributed by atoms with E-state index >= 15 is 0 Å². The first-order valence-electron chi connectivity index (χ1n) is 5.58. The first kappa shape index (κ1) is 12.5. The summed E-state index contributed by atoms with van der Waals surface area (Å²) in [5.74, 6) is 0. The summed E-state index contributed by atoms with van der Waals surface area (Å²) in [6.07, 6.45) is 4.97. The van der Waals surface area contributed by atoms with Crippen molar-refractivity contribution in [2.45, 2.75) is 39.2 Å². The molecular formula is C11H20ClN3. The van der Waals surface area contributed by atoms with E-state index in [1.165, 1.54) is 0 Å². The molecule has 0 amide bonds. The van der Waals surface area contributed by atoms with E-state index in [2.05, 4.69) is 24.3 Å². The van der Waals surface area contributed by atoms with Crippen LogP contribution in [0.1, 0.15) is 32.4 Å². The summed E-state index contributed by atoms with van der Waals surface area (Å²) in [7, 11) is 1.94. The standard InChI is InChI=1S/C11H20ClN3/c1-4-9(13-5-2)6-7-11-10(12)8-14-15(11)3/h8-9,13H,4-7H2,1-3H3. The van der Waals surface area contributed by atoms with Gasteiger partial charge in [-0.25, -0.2) is 0 Å². The predicted molar refractivity (Wildman–Crippen MR) is 64.3 cm³/mol. The average Bonchev–Trinajstić information content (AvgIpc) is 2.54. The molecule has 1 atom stereocenters. The number of aromatic nitrogens is 2. The van der Waals surface area contributed by atoms with Crippen molar-refractivity contribution in [1.29, 1.82) is 0 Å². The molecule has 0 fully saturated rings. The molecular weight excluding hydrogens is 210 g/mol. The van der Waals surface area contributed by atoms with Gasteiger partial charge in [-0.05, 0) is 25.8 Å². The summed E-state index contributed by atoms with van der Waals surface area (Å²) >= 11 is 6.05. The lowest BCUT2D eigenvalue weighted by atomic mass is 10.1. The van der Waals surface area contributed by atoms with Gasteiger partial charge in [-0.2, -0.15) is 5.10 Å². The second kappa shape index (κ2) is 6.13. The van der Waals surface area contributed by atoms with Gasteiger partial charge in [0.2, 0.25) is 0 Å². The van der Waals surface area contributed by atoms with Crippen LogP contribution >= 0.6 is 11.6 Å². The zero-order valence-electron chi connectivity index (χ0n) is 9.76. The maximum Gasteiger partial charge on any atom is 0.0817 e. The molecule has 0 aliphatic rings. The normalized spacial score (nSPS) is 13.1. The molecule has 1 heterocycles. The predicted octanol–water partition coefficient (Wildman–Crippen LogP) is 2.39. The molecule has 1 N–H and O–H groups in total. The lowest BCUT2D eigenvalue weighted by molar-refractivity contribution is 0.474. The number of aryl methyl sites for hydroxylation is 1. The van der Waals surface area contributed by atoms with E-state index in [-0.39, 0.29) is 0 Å². The van der Waals surface area contributed by atoms with Gasteiger partial charge < -0.3 is 5.32 Å². The van der Waals surface area contributed by atoms with Crippen molar-refractivity contribution in [3.8, 4) is 0 Å². The minimum Gasteiger partial charge on any atom is -0.314 e. The molecule has 0 saturated heterocycles. The SMILES string of the molecule is CCNC(CC)CCc1c(Cl)cnn1C. The minimum atomic E-state index is 0.584. The molecule has 0 aliphatic heterocycles. The smallest absolute Gasteiger partial charge is 0.0817 e. The van der Waals surface area contributed by atoms with Crippen molar-refractivity contribution in [2.24, 2.45) is 7.05 Å². The van der Waals surface area contributed by atoms with Crippen LogP contribution in [0.4, 0.5) is 0 Å². The maximum absolute atomic E-state index is 6.05. The molecule has 0 spiro atoms. The molecule has 0 bridgehead atoms. The molecule has 4 heteroatoms. The highest BCUT2D eigenvalue weighted by atomic mass is 35.5. The Morgan fingerprint density at radius 1 is 1.53 bits per heavy atom. The molecule has 86 valence electrons. The van der Waals surface area contributed by atoms with E-state index in [1.807, 2.05) is 11.7 Å². The van der Waals surface area contributed by atoms with Crippen LogP contribution in [-0.4, -0.2) is 22.4 Å². The Kier molecular flexibility index (Phi) is 5.12. The lowest BCUT2D eigenvalue weighted by Crippen LogP contribution is -2.28. The Labute approximate surface area is 96.8 Å². The van der Waals surface area contributed by atoms with Crippen molar-refractivity contribution < 1.29 is 0 Å². The summed E-state index contributed by atoms with van der Waals surface area (Å²) in [6.45, 7) is 5.37. The summed E-state index contributed by atoms with van der Waals surface area (Å²) < 4.78 is 1.86. The van der Waals surface area contributed by atoms with E-state index in [0.717, 1.165) is 36.5 Å². The largest absolute Gasteiger partial charge is 0.314 e. The zero-order valence-corrected chi connectivity index (χ0v) is 10.5. The molecule has 0 saturated carbocycles. The number of nitrogens with one attached hydrogen (secondary N) is 1. The molecule has 1 rings (SSSR count). The molecule has 0 aromatic carbocycles. The van der Waals surface area contributed by atoms with Crippen LogP contribution in [0.2, 0.25) is 5.02 Å². The molecule has 1 aromatic rings. The van der Waals surface area contributed by atoms with Gasteiger partial charge in [0.05, 0.1) is 16.9 Å². The number of rotatable bonds is 6. The Morgan fingerprint density at radius 3 is 2.73 bits per heavy atom. The van der Waals surface area contributed by atoms with Gasteiger partial charge in [0.25, 0.3) is 0 Å². The topological polar surface area (TPSA) is 29.9 Å². The van der Waals surface area contributed by atoms with E-state index < -0.39 is 0 Å². The fourth-order valence-corrected chi connectivity index (χ4v) is 2.03. The van der Waals surface area contributed by atoms with Crippen LogP contribution < -0.4 is 5.32 Å². The van der Waals surface area contributed by atoms with Gasteiger partial charge in [-0.1, -0.05) is 25.4 Å². The van der Waals surface area contributed by atoms with Gasteiger partial charge in [-0.15, -0.1) is 0 Å². The summed E-state index contributed by atoms with van der Waals surface area (Å²) in [5, 5.41) is 8.37. The van der Waals surface area contributed by atoms with E-state index in [4.69, 9.17) is 11.6 Å². The van der Waals surface area contributed by atoms with Crippen molar-refractivity contribution in [3.63, 3.8) is 0 Å². The highest BCUT2D eigenvalue weighted by Gasteiger charge is 2.09. The Hall–Kier alpha value is -0.540. The monoisotopic (exact) mass is 229 g/mol. The molecule has 1 unspecified atom stereocenters. The summed E-state index contributed by atoms with van der Waals surface area (Å²) in [5.41, 5.74) is 1.13. The Balaban J connectivity index is 2.48. The van der Waals surface area contributed by atoms with Crippen LogP contribution in [0.5, 0.6) is 0 Å². The number of hydrogen-bond acceptors (Lipinski definition) is 2. The Bertz CT molecular complexity index is 277. The fraction of sp³-hybridized carbons (Fsp3) is 0.727. The average molecular weight is 230 g/mol. The van der Waals surface area contributed by atoms with Crippen molar-refractivity contribution in [2.75, 3.05) is 6.54 Å². The van der Waals surface area contributed by atoms with E-state index in [9.17, 15) is 0 Å². The van der Waals surface area contributed by atoms with Gasteiger partial charge in [0.15, 0.2) is 0 Å². The second-order valence-electron chi connectivity index (χ2n) is 3.76. The van der Waals surface area contributed by atoms with E-state index in [0.29, 0.717) is 6.04 Å². The molecule has 3 nitrogen and oxygen atoms in total. The molecule has 15 heavy (non-hydrogen) atoms. The van der Waals surface area contributed by atoms with Gasteiger partial charge in [-0.3, -0.25) is 4.68 Å². The van der Waals surface area contributed by atoms with Crippen molar-refractivity contribution >= 4 is 11.6 Å². The lowest BCUT2D eigenvalue weighted by Gasteiger charge is -2.15. The molecule has 0 radical (unpaired) electrons. The third-order valence-electron chi connectivity index (χ3n) is 2.73. The summed E-state index contributed by atoms with van der Waals surface area (Å²) in [6, 6.07) is 0.584. The van der Waals surface area contributed by atoms with Crippen LogP contribution in [0.15, 0.2) is 6.20 Å². The second-order valence-corrected chi connectivity index (χ2v) is 4.17. The zero-order chi connectivity index (χ0) is 11.3. The van der Waals surface area contributed by atoms with Gasteiger partial charge >= 0.3 is 0 Å².